The van der Waals surface area contributed by atoms with Crippen LogP contribution < -0.4 is 0 Å². The summed E-state index contributed by atoms with van der Waals surface area (Å²) in [5.74, 6) is 4.86. The molecule has 1 heteroatoms. The van der Waals surface area contributed by atoms with Crippen molar-refractivity contribution in [3.8, 4) is 0 Å². The van der Waals surface area contributed by atoms with E-state index in [1.54, 1.807) is 0 Å². The summed E-state index contributed by atoms with van der Waals surface area (Å²) in [6, 6.07) is 10.7. The van der Waals surface area contributed by atoms with Crippen LogP contribution in [0.15, 0.2) is 35.9 Å². The lowest BCUT2D eigenvalue weighted by Gasteiger charge is -2.73. The summed E-state index contributed by atoms with van der Waals surface area (Å²) in [6.45, 7) is 20.7. The molecule has 0 bridgehead atoms. The average molecular weight is 517 g/mol. The van der Waals surface area contributed by atoms with Crippen LogP contribution in [-0.4, -0.2) is 11.2 Å². The highest BCUT2D eigenvalue weighted by molar-refractivity contribution is 5.55. The minimum Gasteiger partial charge on any atom is -0.388 e. The van der Waals surface area contributed by atoms with E-state index in [2.05, 4.69) is 91.8 Å². The molecular weight excluding hydrogens is 460 g/mol. The SMILES string of the molecule is CC(C)[C@@H]1CC[C@]2(C)CC[C@]3(C)[C@H](CC[C@@H]4[C@]5(C)C/C(=C/c6ccccc6)[C@H](O)C(C)(C)[C@@H]5CC[C@]43C)[C@@H]12. The summed E-state index contributed by atoms with van der Waals surface area (Å²) < 4.78 is 0. The molecule has 5 fully saturated rings. The van der Waals surface area contributed by atoms with E-state index < -0.39 is 0 Å². The highest BCUT2D eigenvalue weighted by Gasteiger charge is 2.70. The molecule has 0 aliphatic heterocycles. The Labute approximate surface area is 234 Å². The van der Waals surface area contributed by atoms with Crippen LogP contribution in [-0.2, 0) is 0 Å². The van der Waals surface area contributed by atoms with Gasteiger partial charge >= 0.3 is 0 Å². The van der Waals surface area contributed by atoms with Crippen molar-refractivity contribution in [3.63, 3.8) is 0 Å². The van der Waals surface area contributed by atoms with Gasteiger partial charge in [0, 0.05) is 0 Å². The van der Waals surface area contributed by atoms with Crippen molar-refractivity contribution in [2.24, 2.45) is 62.6 Å². The van der Waals surface area contributed by atoms with E-state index in [9.17, 15) is 5.11 Å². The van der Waals surface area contributed by atoms with Crippen LogP contribution in [0.5, 0.6) is 0 Å². The lowest BCUT2D eigenvalue weighted by molar-refractivity contribution is -0.240. The normalized spacial score (nSPS) is 50.7. The number of hydrogen-bond donors (Lipinski definition) is 1. The molecule has 1 nitrogen and oxygen atoms in total. The highest BCUT2D eigenvalue weighted by Crippen LogP contribution is 2.77. The van der Waals surface area contributed by atoms with E-state index in [0.29, 0.717) is 22.2 Å². The lowest BCUT2D eigenvalue weighted by atomic mass is 9.32. The van der Waals surface area contributed by atoms with E-state index in [-0.39, 0.29) is 16.9 Å². The molecule has 210 valence electrons. The molecule has 0 spiro atoms. The molecule has 0 unspecified atom stereocenters. The first kappa shape index (κ1) is 27.1. The smallest absolute Gasteiger partial charge is 0.0807 e. The summed E-state index contributed by atoms with van der Waals surface area (Å²) in [7, 11) is 0. The van der Waals surface area contributed by atoms with Gasteiger partial charge in [-0.15, -0.1) is 0 Å². The van der Waals surface area contributed by atoms with Crippen molar-refractivity contribution in [1.82, 2.24) is 0 Å². The van der Waals surface area contributed by atoms with Gasteiger partial charge in [-0.3, -0.25) is 0 Å². The van der Waals surface area contributed by atoms with E-state index in [1.165, 1.54) is 62.5 Å². The molecule has 0 heterocycles. The Bertz CT molecular complexity index is 1080. The molecule has 1 aromatic rings. The van der Waals surface area contributed by atoms with Crippen molar-refractivity contribution in [1.29, 1.82) is 0 Å². The second-order valence-corrected chi connectivity index (χ2v) is 16.8. The van der Waals surface area contributed by atoms with Gasteiger partial charge in [-0.25, -0.2) is 0 Å². The number of benzene rings is 1. The number of rotatable bonds is 2. The predicted molar refractivity (Wildman–Crippen MR) is 160 cm³/mol. The molecule has 0 saturated heterocycles. The summed E-state index contributed by atoms with van der Waals surface area (Å²) in [5.41, 5.74) is 4.08. The number of aliphatic hydroxyl groups excluding tert-OH is 1. The van der Waals surface area contributed by atoms with Gasteiger partial charge in [0.05, 0.1) is 6.10 Å². The van der Waals surface area contributed by atoms with Gasteiger partial charge in [0.2, 0.25) is 0 Å². The molecule has 10 atom stereocenters. The Morgan fingerprint density at radius 3 is 2.18 bits per heavy atom. The van der Waals surface area contributed by atoms with Crippen LogP contribution >= 0.6 is 0 Å². The average Bonchev–Trinajstić information content (AvgIpc) is 3.21. The van der Waals surface area contributed by atoms with Crippen molar-refractivity contribution in [2.75, 3.05) is 0 Å². The first-order valence-electron chi connectivity index (χ1n) is 16.2. The standard InChI is InChI=1S/C37H56O/c1-24(2)27-16-18-34(5)20-21-36(7)28(31(27)34)14-15-30-35(6)23-26(22-25-12-10-9-11-13-25)32(38)33(3,4)29(35)17-19-37(30,36)8/h9-13,22,24,27-32,38H,14-21,23H2,1-8H3/b26-22-/t27-,28+,29-,30+,31+,32-,34+,35+,36+,37+/m0/s1. The largest absolute Gasteiger partial charge is 0.388 e. The quantitative estimate of drug-likeness (QED) is 0.415. The fourth-order valence-corrected chi connectivity index (χ4v) is 12.7. The monoisotopic (exact) mass is 516 g/mol. The second kappa shape index (κ2) is 8.71. The first-order chi connectivity index (χ1) is 17.8. The molecule has 38 heavy (non-hydrogen) atoms. The molecule has 6 rings (SSSR count). The van der Waals surface area contributed by atoms with E-state index >= 15 is 0 Å². The zero-order valence-corrected chi connectivity index (χ0v) is 25.8. The van der Waals surface area contributed by atoms with Gasteiger partial charge in [0.15, 0.2) is 0 Å². The molecule has 1 N–H and O–H groups in total. The Balaban J connectivity index is 1.40. The van der Waals surface area contributed by atoms with Gasteiger partial charge in [0.25, 0.3) is 0 Å². The molecule has 0 radical (unpaired) electrons. The molecule has 1 aromatic carbocycles. The van der Waals surface area contributed by atoms with Crippen LogP contribution in [0.25, 0.3) is 6.08 Å². The van der Waals surface area contributed by atoms with Gasteiger partial charge in [-0.2, -0.15) is 0 Å². The highest BCUT2D eigenvalue weighted by atomic mass is 16.3. The topological polar surface area (TPSA) is 20.2 Å². The van der Waals surface area contributed by atoms with Crippen molar-refractivity contribution < 1.29 is 5.11 Å². The van der Waals surface area contributed by atoms with Gasteiger partial charge in [-0.1, -0.05) is 91.8 Å². The van der Waals surface area contributed by atoms with Crippen molar-refractivity contribution in [3.05, 3.63) is 41.5 Å². The molecule has 0 aromatic heterocycles. The molecule has 5 saturated carbocycles. The Morgan fingerprint density at radius 1 is 0.789 bits per heavy atom. The Hall–Kier alpha value is -1.08. The zero-order valence-electron chi connectivity index (χ0n) is 25.8. The Kier molecular flexibility index (Phi) is 6.21. The minimum atomic E-state index is -0.349. The third-order valence-electron chi connectivity index (χ3n) is 14.7. The third-order valence-corrected chi connectivity index (χ3v) is 14.7. The van der Waals surface area contributed by atoms with Crippen LogP contribution in [0.4, 0.5) is 0 Å². The minimum absolute atomic E-state index is 0.0912. The lowest BCUT2D eigenvalue weighted by Crippen LogP contribution is -2.66. The number of fused-ring (bicyclic) bond motifs is 7. The van der Waals surface area contributed by atoms with Crippen LogP contribution in [0.1, 0.15) is 119 Å². The predicted octanol–water partition coefficient (Wildman–Crippen LogP) is 9.80. The number of aliphatic hydroxyl groups is 1. The van der Waals surface area contributed by atoms with Crippen molar-refractivity contribution in [2.45, 2.75) is 119 Å². The number of hydrogen-bond acceptors (Lipinski definition) is 1. The molecular formula is C37H56O. The maximum Gasteiger partial charge on any atom is 0.0807 e. The summed E-state index contributed by atoms with van der Waals surface area (Å²) >= 11 is 0. The van der Waals surface area contributed by atoms with Crippen molar-refractivity contribution >= 4 is 6.08 Å². The summed E-state index contributed by atoms with van der Waals surface area (Å²) in [6.07, 6.45) is 14.3. The van der Waals surface area contributed by atoms with Gasteiger partial charge in [-0.05, 0) is 132 Å². The molecule has 0 amide bonds. The maximum atomic E-state index is 11.8. The Morgan fingerprint density at radius 2 is 1.50 bits per heavy atom. The maximum absolute atomic E-state index is 11.8. The van der Waals surface area contributed by atoms with E-state index in [1.807, 2.05) is 0 Å². The van der Waals surface area contributed by atoms with Crippen LogP contribution in [0.3, 0.4) is 0 Å². The molecule has 5 aliphatic rings. The summed E-state index contributed by atoms with van der Waals surface area (Å²) in [4.78, 5) is 0. The van der Waals surface area contributed by atoms with Gasteiger partial charge < -0.3 is 5.11 Å². The fraction of sp³-hybridized carbons (Fsp3) is 0.784. The van der Waals surface area contributed by atoms with Crippen LogP contribution in [0, 0.1) is 62.6 Å². The first-order valence-corrected chi connectivity index (χ1v) is 16.2. The van der Waals surface area contributed by atoms with E-state index in [4.69, 9.17) is 0 Å². The molecule has 5 aliphatic carbocycles. The van der Waals surface area contributed by atoms with E-state index in [0.717, 1.165) is 36.0 Å². The third kappa shape index (κ3) is 3.51. The fourth-order valence-electron chi connectivity index (χ4n) is 12.7. The summed E-state index contributed by atoms with van der Waals surface area (Å²) in [5, 5.41) is 11.8. The van der Waals surface area contributed by atoms with Gasteiger partial charge in [0.1, 0.15) is 0 Å². The zero-order chi connectivity index (χ0) is 27.3. The second-order valence-electron chi connectivity index (χ2n) is 16.8. The van der Waals surface area contributed by atoms with Crippen LogP contribution in [0.2, 0.25) is 0 Å².